The van der Waals surface area contributed by atoms with E-state index >= 15 is 0 Å². The fourth-order valence-corrected chi connectivity index (χ4v) is 3.81. The average molecular weight is 310 g/mol. The van der Waals surface area contributed by atoms with Gasteiger partial charge in [-0.1, -0.05) is 39.0 Å². The molecule has 0 atom stereocenters. The highest BCUT2D eigenvalue weighted by Gasteiger charge is 2.34. The molecule has 0 aliphatic heterocycles. The number of fused-ring (bicyclic) bond motifs is 1. The van der Waals surface area contributed by atoms with Gasteiger partial charge >= 0.3 is 0 Å². The summed E-state index contributed by atoms with van der Waals surface area (Å²) in [6, 6.07) is 0. The van der Waals surface area contributed by atoms with Gasteiger partial charge in [0.15, 0.2) is 10.9 Å². The first-order valence-corrected chi connectivity index (χ1v) is 8.41. The lowest BCUT2D eigenvalue weighted by molar-refractivity contribution is 0.0916. The normalized spacial score (nSPS) is 17.1. The number of ketones is 1. The zero-order valence-electron chi connectivity index (χ0n) is 13.7. The third-order valence-electron chi connectivity index (χ3n) is 3.65. The van der Waals surface area contributed by atoms with E-state index in [0.29, 0.717) is 18.9 Å². The number of thiazole rings is 1. The molecule has 0 bridgehead atoms. The van der Waals surface area contributed by atoms with Crippen LogP contribution in [0.5, 0.6) is 0 Å². The van der Waals surface area contributed by atoms with Crippen molar-refractivity contribution in [1.82, 2.24) is 4.98 Å². The van der Waals surface area contributed by atoms with Gasteiger partial charge in [-0.05, 0) is 17.8 Å². The van der Waals surface area contributed by atoms with E-state index in [2.05, 4.69) is 32.6 Å². The van der Waals surface area contributed by atoms with Gasteiger partial charge in [0.25, 0.3) is 0 Å². The number of Topliss-reactive ketones (excluding diaryl/α,β-unsaturated/α-hetero) is 1. The standard InChI is InChI=1S/C16H26N2O2S/c1-11(2)10-18(6-7-20-5)15-17-12-8-16(3,4)9-13(19)14(12)21-15/h11H,6-10H2,1-5H3. The van der Waals surface area contributed by atoms with E-state index in [1.807, 2.05) is 0 Å². The largest absolute Gasteiger partial charge is 0.383 e. The molecular formula is C16H26N2O2S. The Hall–Kier alpha value is -0.940. The summed E-state index contributed by atoms with van der Waals surface area (Å²) in [5.74, 6) is 0.802. The van der Waals surface area contributed by atoms with Crippen molar-refractivity contribution in [3.8, 4) is 0 Å². The quantitative estimate of drug-likeness (QED) is 0.807. The molecule has 1 aliphatic carbocycles. The van der Waals surface area contributed by atoms with E-state index in [0.717, 1.165) is 35.2 Å². The summed E-state index contributed by atoms with van der Waals surface area (Å²) in [4.78, 5) is 20.2. The predicted molar refractivity (Wildman–Crippen MR) is 87.5 cm³/mol. The van der Waals surface area contributed by atoms with Crippen LogP contribution in [0, 0.1) is 11.3 Å². The molecule has 118 valence electrons. The lowest BCUT2D eigenvalue weighted by atomic mass is 9.78. The Balaban J connectivity index is 2.25. The highest BCUT2D eigenvalue weighted by molar-refractivity contribution is 7.17. The van der Waals surface area contributed by atoms with Crippen LogP contribution in [-0.2, 0) is 11.2 Å². The molecule has 0 aromatic carbocycles. The zero-order chi connectivity index (χ0) is 15.6. The van der Waals surface area contributed by atoms with Crippen LogP contribution in [0.15, 0.2) is 0 Å². The van der Waals surface area contributed by atoms with Crippen LogP contribution in [0.4, 0.5) is 5.13 Å². The molecule has 5 heteroatoms. The first-order valence-electron chi connectivity index (χ1n) is 7.59. The topological polar surface area (TPSA) is 42.4 Å². The van der Waals surface area contributed by atoms with Crippen LogP contribution in [0.3, 0.4) is 0 Å². The van der Waals surface area contributed by atoms with Gasteiger partial charge in [0, 0.05) is 26.6 Å². The summed E-state index contributed by atoms with van der Waals surface area (Å²) in [6.45, 7) is 11.1. The predicted octanol–water partition coefficient (Wildman–Crippen LogP) is 3.41. The summed E-state index contributed by atoms with van der Waals surface area (Å²) in [5.41, 5.74) is 1.02. The number of ether oxygens (including phenoxy) is 1. The Bertz CT molecular complexity index is 508. The highest BCUT2D eigenvalue weighted by Crippen LogP contribution is 2.39. The number of nitrogens with zero attached hydrogens (tertiary/aromatic N) is 2. The molecule has 2 rings (SSSR count). The number of carbonyl (C=O) groups excluding carboxylic acids is 1. The first-order chi connectivity index (χ1) is 9.82. The molecule has 0 spiro atoms. The minimum absolute atomic E-state index is 0.0326. The van der Waals surface area contributed by atoms with Gasteiger partial charge in [-0.25, -0.2) is 4.98 Å². The number of hydrogen-bond acceptors (Lipinski definition) is 5. The Morgan fingerprint density at radius 1 is 1.38 bits per heavy atom. The molecule has 0 saturated carbocycles. The summed E-state index contributed by atoms with van der Waals surface area (Å²) < 4.78 is 5.20. The van der Waals surface area contributed by atoms with E-state index in [-0.39, 0.29) is 11.2 Å². The Morgan fingerprint density at radius 3 is 2.71 bits per heavy atom. The fourth-order valence-electron chi connectivity index (χ4n) is 2.75. The van der Waals surface area contributed by atoms with E-state index in [1.165, 1.54) is 0 Å². The summed E-state index contributed by atoms with van der Waals surface area (Å²) in [6.07, 6.45) is 1.52. The Kier molecular flexibility index (Phi) is 5.04. The number of carbonyl (C=O) groups is 1. The van der Waals surface area contributed by atoms with E-state index in [9.17, 15) is 4.79 Å². The molecule has 0 amide bonds. The molecule has 1 aromatic rings. The average Bonchev–Trinajstić information content (AvgIpc) is 2.76. The van der Waals surface area contributed by atoms with Crippen LogP contribution in [0.2, 0.25) is 0 Å². The smallest absolute Gasteiger partial charge is 0.186 e. The van der Waals surface area contributed by atoms with Crippen molar-refractivity contribution in [2.24, 2.45) is 11.3 Å². The third kappa shape index (κ3) is 4.04. The van der Waals surface area contributed by atoms with Crippen molar-refractivity contribution in [3.63, 3.8) is 0 Å². The zero-order valence-corrected chi connectivity index (χ0v) is 14.5. The molecule has 4 nitrogen and oxygen atoms in total. The van der Waals surface area contributed by atoms with Crippen LogP contribution in [-0.4, -0.2) is 37.6 Å². The van der Waals surface area contributed by atoms with E-state index in [1.54, 1.807) is 18.4 Å². The van der Waals surface area contributed by atoms with Gasteiger partial charge in [-0.15, -0.1) is 0 Å². The van der Waals surface area contributed by atoms with E-state index in [4.69, 9.17) is 9.72 Å². The van der Waals surface area contributed by atoms with Crippen LogP contribution in [0.25, 0.3) is 0 Å². The minimum atomic E-state index is 0.0326. The van der Waals surface area contributed by atoms with Crippen molar-refractivity contribution >= 4 is 22.3 Å². The first kappa shape index (κ1) is 16.4. The maximum atomic E-state index is 12.3. The lowest BCUT2D eigenvalue weighted by Gasteiger charge is -2.26. The molecule has 0 saturated heterocycles. The van der Waals surface area contributed by atoms with Crippen LogP contribution < -0.4 is 4.90 Å². The summed E-state index contributed by atoms with van der Waals surface area (Å²) >= 11 is 1.55. The van der Waals surface area contributed by atoms with Gasteiger partial charge in [-0.2, -0.15) is 0 Å². The number of methoxy groups -OCH3 is 1. The van der Waals surface area contributed by atoms with Gasteiger partial charge < -0.3 is 9.64 Å². The van der Waals surface area contributed by atoms with Crippen molar-refractivity contribution in [1.29, 1.82) is 0 Å². The van der Waals surface area contributed by atoms with Crippen molar-refractivity contribution in [2.75, 3.05) is 31.7 Å². The lowest BCUT2D eigenvalue weighted by Crippen LogP contribution is -2.31. The number of aromatic nitrogens is 1. The molecule has 0 fully saturated rings. The van der Waals surface area contributed by atoms with Gasteiger partial charge in [0.2, 0.25) is 0 Å². The molecule has 21 heavy (non-hydrogen) atoms. The third-order valence-corrected chi connectivity index (χ3v) is 4.85. The second-order valence-electron chi connectivity index (χ2n) is 7.05. The van der Waals surface area contributed by atoms with E-state index < -0.39 is 0 Å². The molecular weight excluding hydrogens is 284 g/mol. The molecule has 1 aromatic heterocycles. The Morgan fingerprint density at radius 2 is 2.10 bits per heavy atom. The van der Waals surface area contributed by atoms with Gasteiger partial charge in [0.05, 0.1) is 17.2 Å². The summed E-state index contributed by atoms with van der Waals surface area (Å²) in [5, 5.41) is 0.969. The second-order valence-corrected chi connectivity index (χ2v) is 8.02. The van der Waals surface area contributed by atoms with Crippen molar-refractivity contribution in [3.05, 3.63) is 10.6 Å². The van der Waals surface area contributed by atoms with Crippen molar-refractivity contribution < 1.29 is 9.53 Å². The molecule has 0 radical (unpaired) electrons. The monoisotopic (exact) mass is 310 g/mol. The van der Waals surface area contributed by atoms with Gasteiger partial charge in [-0.3, -0.25) is 4.79 Å². The number of hydrogen-bond donors (Lipinski definition) is 0. The molecule has 0 N–H and O–H groups in total. The molecule has 1 heterocycles. The van der Waals surface area contributed by atoms with Crippen LogP contribution >= 0.6 is 11.3 Å². The van der Waals surface area contributed by atoms with Crippen LogP contribution in [0.1, 0.15) is 49.5 Å². The second kappa shape index (κ2) is 6.44. The number of anilines is 1. The minimum Gasteiger partial charge on any atom is -0.383 e. The van der Waals surface area contributed by atoms with Gasteiger partial charge in [0.1, 0.15) is 0 Å². The Labute approximate surface area is 131 Å². The van der Waals surface area contributed by atoms with Crippen molar-refractivity contribution in [2.45, 2.75) is 40.5 Å². The maximum Gasteiger partial charge on any atom is 0.186 e. The molecule has 1 aliphatic rings. The summed E-state index contributed by atoms with van der Waals surface area (Å²) in [7, 11) is 1.71. The fraction of sp³-hybridized carbons (Fsp3) is 0.750. The molecule has 0 unspecified atom stereocenters. The number of rotatable bonds is 6. The SMILES string of the molecule is COCCN(CC(C)C)c1nc2c(s1)C(=O)CC(C)(C)C2. The highest BCUT2D eigenvalue weighted by atomic mass is 32.1. The maximum absolute atomic E-state index is 12.3.